The van der Waals surface area contributed by atoms with Crippen molar-refractivity contribution < 1.29 is 23.9 Å². The third-order valence-corrected chi connectivity index (χ3v) is 6.00. The van der Waals surface area contributed by atoms with Gasteiger partial charge in [-0.05, 0) is 35.5 Å². The molecule has 4 aromatic rings. The molecule has 0 aliphatic carbocycles. The SMILES string of the molecule is Nc1nc(C(=O)NC(=S)NC(=O)c2ccccc2)cn1O[C@H](CCOCc1ccccc1)COCc1ccccc1. The van der Waals surface area contributed by atoms with Crippen molar-refractivity contribution >= 4 is 35.1 Å². The minimum Gasteiger partial charge on any atom is -0.405 e. The molecule has 1 aromatic heterocycles. The molecule has 0 radical (unpaired) electrons. The van der Waals surface area contributed by atoms with E-state index in [1.165, 1.54) is 10.9 Å². The van der Waals surface area contributed by atoms with E-state index in [0.717, 1.165) is 11.1 Å². The molecular weight excluding hydrogens is 542 g/mol. The minimum absolute atomic E-state index is 0.0346. The molecule has 1 heterocycles. The first-order valence-corrected chi connectivity index (χ1v) is 13.4. The second-order valence-corrected chi connectivity index (χ2v) is 9.38. The highest BCUT2D eigenvalue weighted by atomic mass is 32.1. The van der Waals surface area contributed by atoms with Gasteiger partial charge in [0.15, 0.2) is 16.9 Å². The molecular formula is C30H31N5O5S. The number of nitrogen functional groups attached to an aromatic ring is 1. The number of nitrogens with one attached hydrogen (secondary N) is 2. The van der Waals surface area contributed by atoms with Crippen LogP contribution in [0.5, 0.6) is 0 Å². The standard InChI is InChI=1S/C30H31N5O5S/c31-29-32-26(28(37)34-30(41)33-27(36)24-14-8-3-9-15-24)18-35(29)40-25(21-39-20-23-12-6-2-7-13-23)16-17-38-19-22-10-4-1-5-11-22/h1-15,18,25H,16-17,19-21H2,(H2,31,32)(H2,33,34,36,37,41)/t25-/m1/s1. The van der Waals surface area contributed by atoms with E-state index in [2.05, 4.69) is 15.6 Å². The maximum Gasteiger partial charge on any atom is 0.277 e. The number of benzene rings is 3. The van der Waals surface area contributed by atoms with E-state index in [0.29, 0.717) is 31.8 Å². The van der Waals surface area contributed by atoms with Gasteiger partial charge in [0.2, 0.25) is 5.95 Å². The Hall–Kier alpha value is -4.58. The number of aromatic nitrogens is 2. The summed E-state index contributed by atoms with van der Waals surface area (Å²) in [4.78, 5) is 35.1. The number of carbonyl (C=O) groups excluding carboxylic acids is 2. The molecule has 10 nitrogen and oxygen atoms in total. The van der Waals surface area contributed by atoms with Crippen molar-refractivity contribution in [2.45, 2.75) is 25.7 Å². The van der Waals surface area contributed by atoms with Gasteiger partial charge < -0.3 is 20.0 Å². The average molecular weight is 574 g/mol. The van der Waals surface area contributed by atoms with E-state index >= 15 is 0 Å². The Balaban J connectivity index is 1.33. The number of carbonyl (C=O) groups is 2. The van der Waals surface area contributed by atoms with E-state index < -0.39 is 17.9 Å². The molecule has 212 valence electrons. The smallest absolute Gasteiger partial charge is 0.277 e. The number of anilines is 1. The summed E-state index contributed by atoms with van der Waals surface area (Å²) in [5, 5.41) is 4.72. The Morgan fingerprint density at radius 3 is 2.02 bits per heavy atom. The zero-order valence-corrected chi connectivity index (χ0v) is 23.1. The Morgan fingerprint density at radius 2 is 1.39 bits per heavy atom. The molecule has 0 saturated carbocycles. The van der Waals surface area contributed by atoms with Crippen LogP contribution in [0, 0.1) is 0 Å². The highest BCUT2D eigenvalue weighted by Gasteiger charge is 2.19. The van der Waals surface area contributed by atoms with Crippen molar-refractivity contribution in [2.24, 2.45) is 0 Å². The number of rotatable bonds is 13. The molecule has 0 aliphatic heterocycles. The van der Waals surface area contributed by atoms with Crippen LogP contribution in [0.4, 0.5) is 5.95 Å². The Kier molecular flexibility index (Phi) is 11.0. The zero-order valence-electron chi connectivity index (χ0n) is 22.3. The van der Waals surface area contributed by atoms with Crippen LogP contribution in [0.25, 0.3) is 0 Å². The molecule has 0 bridgehead atoms. The summed E-state index contributed by atoms with van der Waals surface area (Å²) in [5.74, 6) is -1.13. The van der Waals surface area contributed by atoms with Crippen molar-refractivity contribution in [3.63, 3.8) is 0 Å². The van der Waals surface area contributed by atoms with Crippen molar-refractivity contribution in [2.75, 3.05) is 18.9 Å². The molecule has 3 aromatic carbocycles. The predicted octanol–water partition coefficient (Wildman–Crippen LogP) is 3.53. The quantitative estimate of drug-likeness (QED) is 0.164. The summed E-state index contributed by atoms with van der Waals surface area (Å²) >= 11 is 5.11. The van der Waals surface area contributed by atoms with E-state index in [1.807, 2.05) is 60.7 Å². The van der Waals surface area contributed by atoms with Crippen LogP contribution in [0.3, 0.4) is 0 Å². The molecule has 4 N–H and O–H groups in total. The zero-order chi connectivity index (χ0) is 28.9. The van der Waals surface area contributed by atoms with Gasteiger partial charge in [-0.2, -0.15) is 4.73 Å². The molecule has 1 atom stereocenters. The Bertz CT molecular complexity index is 1420. The number of hydrogen-bond donors (Lipinski definition) is 3. The van der Waals surface area contributed by atoms with Gasteiger partial charge in [-0.25, -0.2) is 4.98 Å². The van der Waals surface area contributed by atoms with E-state index in [4.69, 9.17) is 32.3 Å². The third-order valence-electron chi connectivity index (χ3n) is 5.80. The molecule has 4 rings (SSSR count). The minimum atomic E-state index is -0.652. The lowest BCUT2D eigenvalue weighted by molar-refractivity contribution is -0.0430. The van der Waals surface area contributed by atoms with Gasteiger partial charge in [0.25, 0.3) is 11.8 Å². The maximum absolute atomic E-state index is 12.7. The molecule has 0 spiro atoms. The summed E-state index contributed by atoms with van der Waals surface area (Å²) < 4.78 is 12.9. The normalized spacial score (nSPS) is 11.4. The molecule has 0 unspecified atom stereocenters. The lowest BCUT2D eigenvalue weighted by atomic mass is 10.2. The second kappa shape index (κ2) is 15.3. The van der Waals surface area contributed by atoms with Crippen LogP contribution in [0.15, 0.2) is 97.2 Å². The van der Waals surface area contributed by atoms with E-state index in [-0.39, 0.29) is 23.4 Å². The Labute approximate surface area is 243 Å². The lowest BCUT2D eigenvalue weighted by Gasteiger charge is -2.19. The molecule has 41 heavy (non-hydrogen) atoms. The molecule has 11 heteroatoms. The summed E-state index contributed by atoms with van der Waals surface area (Å²) in [6.07, 6.45) is 1.39. The third kappa shape index (κ3) is 9.53. The molecule has 0 aliphatic rings. The number of thiocarbonyl (C=S) groups is 1. The number of hydrogen-bond acceptors (Lipinski definition) is 8. The van der Waals surface area contributed by atoms with Crippen LogP contribution >= 0.6 is 12.2 Å². The van der Waals surface area contributed by atoms with E-state index in [1.54, 1.807) is 30.3 Å². The van der Waals surface area contributed by atoms with Crippen molar-refractivity contribution in [1.82, 2.24) is 20.3 Å². The monoisotopic (exact) mass is 573 g/mol. The van der Waals surface area contributed by atoms with Gasteiger partial charge in [0.05, 0.1) is 32.6 Å². The highest BCUT2D eigenvalue weighted by molar-refractivity contribution is 7.80. The fourth-order valence-corrected chi connectivity index (χ4v) is 3.91. The molecule has 0 fully saturated rings. The van der Waals surface area contributed by atoms with Crippen LogP contribution < -0.4 is 21.2 Å². The number of imidazole rings is 1. The fourth-order valence-electron chi connectivity index (χ4n) is 3.72. The van der Waals surface area contributed by atoms with Gasteiger partial charge in [-0.3, -0.25) is 20.2 Å². The number of nitrogens with two attached hydrogens (primary N) is 1. The summed E-state index contributed by atoms with van der Waals surface area (Å²) in [5.41, 5.74) is 8.50. The highest BCUT2D eigenvalue weighted by Crippen LogP contribution is 2.09. The second-order valence-electron chi connectivity index (χ2n) is 8.97. The summed E-state index contributed by atoms with van der Waals surface area (Å²) in [7, 11) is 0. The van der Waals surface area contributed by atoms with Gasteiger partial charge in [-0.1, -0.05) is 78.9 Å². The van der Waals surface area contributed by atoms with Crippen LogP contribution in [0.2, 0.25) is 0 Å². The average Bonchev–Trinajstić information content (AvgIpc) is 3.36. The van der Waals surface area contributed by atoms with E-state index in [9.17, 15) is 9.59 Å². The number of nitrogens with zero attached hydrogens (tertiary/aromatic N) is 2. The van der Waals surface area contributed by atoms with Crippen LogP contribution in [0.1, 0.15) is 38.4 Å². The first-order chi connectivity index (χ1) is 20.0. The number of ether oxygens (including phenoxy) is 2. The Morgan fingerprint density at radius 1 is 0.829 bits per heavy atom. The molecule has 0 saturated heterocycles. The van der Waals surface area contributed by atoms with Crippen LogP contribution in [-0.4, -0.2) is 46.0 Å². The van der Waals surface area contributed by atoms with Crippen LogP contribution in [-0.2, 0) is 22.7 Å². The van der Waals surface area contributed by atoms with Gasteiger partial charge in [0.1, 0.15) is 0 Å². The maximum atomic E-state index is 12.7. The molecule has 2 amide bonds. The van der Waals surface area contributed by atoms with Gasteiger partial charge in [-0.15, -0.1) is 0 Å². The summed E-state index contributed by atoms with van der Waals surface area (Å²) in [6, 6.07) is 28.1. The number of amides is 2. The fraction of sp³-hybridized carbons (Fsp3) is 0.200. The first-order valence-electron chi connectivity index (χ1n) is 12.9. The first kappa shape index (κ1) is 29.4. The van der Waals surface area contributed by atoms with Crippen molar-refractivity contribution in [3.05, 3.63) is 120 Å². The lowest BCUT2D eigenvalue weighted by Crippen LogP contribution is -2.42. The predicted molar refractivity (Wildman–Crippen MR) is 158 cm³/mol. The topological polar surface area (TPSA) is 130 Å². The van der Waals surface area contributed by atoms with Gasteiger partial charge >= 0.3 is 0 Å². The van der Waals surface area contributed by atoms with Crippen molar-refractivity contribution in [3.8, 4) is 0 Å². The van der Waals surface area contributed by atoms with Gasteiger partial charge in [0, 0.05) is 12.0 Å². The van der Waals surface area contributed by atoms with Crippen molar-refractivity contribution in [1.29, 1.82) is 0 Å². The summed E-state index contributed by atoms with van der Waals surface area (Å²) in [6.45, 7) is 1.53. The largest absolute Gasteiger partial charge is 0.405 e.